The predicted octanol–water partition coefficient (Wildman–Crippen LogP) is 9.38. The number of halogens is 3. The minimum Gasteiger partial charge on any atom is -0.355 e. The first kappa shape index (κ1) is 36.6. The number of anilines is 1. The molecule has 1 N–H and O–H groups in total. The van der Waals surface area contributed by atoms with Gasteiger partial charge in [-0.3, -0.25) is 9.98 Å². The molecule has 1 aliphatic carbocycles. The Morgan fingerprint density at radius 3 is 2.55 bits per heavy atom. The standard InChI is InChI=1S/C32H32F2N6.C7H12FN.C2H6/c1-5-8-22-25(33)11-10-20-13-18(3)14-23(27(20)22)29-28(34)30-24(16-35-29)32(39-26(6-2)38-30)40-12-7-9-21(17-40)31-36-15-19(4)37-31;8-6-4-7(5-6)2-1-3-9-7;1-2/h5,8,10-11,13-14,16,21H,6-7,9,12,15,17H2,1-4H3;6,9H,1-5H2;1-2H3/b8-5-;;. The number of hydrogen-bond acceptors (Lipinski definition) is 7. The SMILES string of the molecule is C/C=C\c1c(F)ccc2cc(C)cc(-c3ncc4c(N5CCCC(C6=NCC(C)=N6)C5)nc(CC)nc4c3F)c12.CC.FC1CC2(CCCN2)C1. The van der Waals surface area contributed by atoms with E-state index in [9.17, 15) is 8.78 Å². The van der Waals surface area contributed by atoms with E-state index < -0.39 is 12.0 Å². The lowest BCUT2D eigenvalue weighted by Crippen LogP contribution is -2.52. The molecule has 7 nitrogen and oxygen atoms in total. The van der Waals surface area contributed by atoms with Gasteiger partial charge in [0.1, 0.15) is 40.7 Å². The lowest BCUT2D eigenvalue weighted by Gasteiger charge is -2.41. The van der Waals surface area contributed by atoms with Gasteiger partial charge in [-0.1, -0.05) is 45.1 Å². The summed E-state index contributed by atoms with van der Waals surface area (Å²) < 4.78 is 43.9. The van der Waals surface area contributed by atoms with Crippen molar-refractivity contribution in [3.63, 3.8) is 0 Å². The number of piperidine rings is 1. The summed E-state index contributed by atoms with van der Waals surface area (Å²) in [5.41, 5.74) is 3.59. The second-order valence-corrected chi connectivity index (χ2v) is 14.0. The number of aromatic nitrogens is 3. The highest BCUT2D eigenvalue weighted by Gasteiger charge is 2.45. The summed E-state index contributed by atoms with van der Waals surface area (Å²) >= 11 is 0. The number of allylic oxidation sites excluding steroid dienone is 1. The Balaban J connectivity index is 0.000000348. The molecule has 270 valence electrons. The molecule has 1 unspecified atom stereocenters. The molecular formula is C41H50F3N7. The third kappa shape index (κ3) is 7.43. The molecule has 0 bridgehead atoms. The number of nitrogens with zero attached hydrogens (tertiary/aromatic N) is 6. The molecule has 4 aliphatic rings. The van der Waals surface area contributed by atoms with Crippen LogP contribution in [0, 0.1) is 24.5 Å². The van der Waals surface area contributed by atoms with Crippen LogP contribution >= 0.6 is 0 Å². The van der Waals surface area contributed by atoms with Gasteiger partial charge in [0.25, 0.3) is 0 Å². The topological polar surface area (TPSA) is 78.7 Å². The lowest BCUT2D eigenvalue weighted by molar-refractivity contribution is 0.0832. The third-order valence-corrected chi connectivity index (χ3v) is 10.3. The first-order valence-corrected chi connectivity index (χ1v) is 18.6. The molecule has 1 atom stereocenters. The van der Waals surface area contributed by atoms with Crippen LogP contribution in [0.15, 0.2) is 46.5 Å². The number of fused-ring (bicyclic) bond motifs is 2. The average Bonchev–Trinajstić information content (AvgIpc) is 3.80. The van der Waals surface area contributed by atoms with E-state index in [1.54, 1.807) is 24.4 Å². The zero-order valence-corrected chi connectivity index (χ0v) is 30.8. The summed E-state index contributed by atoms with van der Waals surface area (Å²) in [4.78, 5) is 25.6. The summed E-state index contributed by atoms with van der Waals surface area (Å²) in [5.74, 6) is 1.49. The highest BCUT2D eigenvalue weighted by molar-refractivity contribution is 6.05. The van der Waals surface area contributed by atoms with Crippen molar-refractivity contribution in [2.75, 3.05) is 31.1 Å². The molecule has 1 saturated carbocycles. The van der Waals surface area contributed by atoms with Crippen LogP contribution in [0.1, 0.15) is 90.1 Å². The minimum absolute atomic E-state index is 0.158. The van der Waals surface area contributed by atoms with E-state index >= 15 is 4.39 Å². The number of pyridine rings is 1. The number of aryl methyl sites for hydroxylation is 2. The number of alkyl halides is 1. The fourth-order valence-corrected chi connectivity index (χ4v) is 7.88. The fourth-order valence-electron chi connectivity index (χ4n) is 7.88. The van der Waals surface area contributed by atoms with Gasteiger partial charge in [-0.05, 0) is 88.9 Å². The normalized spacial score (nSPS) is 22.8. The van der Waals surface area contributed by atoms with Crippen LogP contribution in [0.5, 0.6) is 0 Å². The van der Waals surface area contributed by atoms with Gasteiger partial charge in [-0.15, -0.1) is 0 Å². The van der Waals surface area contributed by atoms with E-state index in [0.29, 0.717) is 53.1 Å². The Morgan fingerprint density at radius 1 is 1.08 bits per heavy atom. The zero-order valence-electron chi connectivity index (χ0n) is 30.8. The Morgan fingerprint density at radius 2 is 1.88 bits per heavy atom. The Hall–Kier alpha value is -4.18. The molecule has 10 heteroatoms. The van der Waals surface area contributed by atoms with E-state index in [1.807, 2.05) is 53.7 Å². The number of hydrogen-bond donors (Lipinski definition) is 1. The number of nitrogens with one attached hydrogen (secondary N) is 1. The first-order valence-electron chi connectivity index (χ1n) is 18.6. The van der Waals surface area contributed by atoms with E-state index in [0.717, 1.165) is 61.3 Å². The summed E-state index contributed by atoms with van der Waals surface area (Å²) in [6.07, 6.45) is 11.2. The second kappa shape index (κ2) is 15.6. The largest absolute Gasteiger partial charge is 0.355 e. The molecule has 4 aromatic rings. The van der Waals surface area contributed by atoms with Gasteiger partial charge in [0.05, 0.1) is 11.9 Å². The minimum atomic E-state index is -0.521. The molecule has 3 aliphatic heterocycles. The summed E-state index contributed by atoms with van der Waals surface area (Å²) in [5, 5.41) is 5.39. The number of rotatable bonds is 5. The van der Waals surface area contributed by atoms with Crippen molar-refractivity contribution in [3.8, 4) is 11.3 Å². The molecule has 3 fully saturated rings. The first-order chi connectivity index (χ1) is 24.7. The maximum atomic E-state index is 16.5. The highest BCUT2D eigenvalue weighted by atomic mass is 19.1. The monoisotopic (exact) mass is 697 g/mol. The van der Waals surface area contributed by atoms with E-state index in [4.69, 9.17) is 4.98 Å². The smallest absolute Gasteiger partial charge is 0.175 e. The molecule has 5 heterocycles. The van der Waals surface area contributed by atoms with Gasteiger partial charge in [-0.2, -0.15) is 0 Å². The Bertz CT molecular complexity index is 1990. The molecular weight excluding hydrogens is 647 g/mol. The van der Waals surface area contributed by atoms with Crippen molar-refractivity contribution in [2.24, 2.45) is 15.9 Å². The summed E-state index contributed by atoms with van der Waals surface area (Å²) in [7, 11) is 0. The number of benzene rings is 2. The van der Waals surface area contributed by atoms with Crippen molar-refractivity contribution in [1.29, 1.82) is 0 Å². The van der Waals surface area contributed by atoms with Crippen molar-refractivity contribution >= 4 is 45.1 Å². The molecule has 2 aromatic heterocycles. The molecule has 2 saturated heterocycles. The highest BCUT2D eigenvalue weighted by Crippen LogP contribution is 2.41. The predicted molar refractivity (Wildman–Crippen MR) is 205 cm³/mol. The van der Waals surface area contributed by atoms with E-state index in [2.05, 4.69) is 30.2 Å². The molecule has 0 amide bonds. The molecule has 51 heavy (non-hydrogen) atoms. The van der Waals surface area contributed by atoms with Crippen molar-refractivity contribution in [2.45, 2.75) is 98.2 Å². The second-order valence-electron chi connectivity index (χ2n) is 14.0. The fraction of sp³-hybridized carbons (Fsp3) is 0.488. The zero-order chi connectivity index (χ0) is 36.3. The van der Waals surface area contributed by atoms with Crippen LogP contribution < -0.4 is 10.2 Å². The van der Waals surface area contributed by atoms with Crippen LogP contribution in [-0.2, 0) is 6.42 Å². The van der Waals surface area contributed by atoms with Gasteiger partial charge >= 0.3 is 0 Å². The molecule has 8 rings (SSSR count). The molecule has 2 aromatic carbocycles. The van der Waals surface area contributed by atoms with Crippen LogP contribution in [-0.4, -0.2) is 64.4 Å². The molecule has 0 radical (unpaired) electrons. The van der Waals surface area contributed by atoms with Gasteiger partial charge in [0.15, 0.2) is 5.82 Å². The maximum Gasteiger partial charge on any atom is 0.175 e. The number of aliphatic imine (C=N–C) groups is 2. The average molecular weight is 698 g/mol. The van der Waals surface area contributed by atoms with E-state index in [-0.39, 0.29) is 28.5 Å². The van der Waals surface area contributed by atoms with Crippen molar-refractivity contribution in [3.05, 3.63) is 65.1 Å². The van der Waals surface area contributed by atoms with Gasteiger partial charge in [0, 0.05) is 59.4 Å². The van der Waals surface area contributed by atoms with Crippen LogP contribution in [0.3, 0.4) is 0 Å². The van der Waals surface area contributed by atoms with Gasteiger partial charge in [0.2, 0.25) is 0 Å². The summed E-state index contributed by atoms with van der Waals surface area (Å²) in [6, 6.07) is 7.03. The van der Waals surface area contributed by atoms with Crippen molar-refractivity contribution < 1.29 is 13.2 Å². The number of amidine groups is 1. The van der Waals surface area contributed by atoms with Gasteiger partial charge < -0.3 is 10.2 Å². The van der Waals surface area contributed by atoms with E-state index in [1.165, 1.54) is 18.9 Å². The maximum absolute atomic E-state index is 16.5. The Labute approximate surface area is 299 Å². The lowest BCUT2D eigenvalue weighted by atomic mass is 9.74. The van der Waals surface area contributed by atoms with Crippen LogP contribution in [0.2, 0.25) is 0 Å². The van der Waals surface area contributed by atoms with Crippen LogP contribution in [0.25, 0.3) is 39.0 Å². The quantitative estimate of drug-likeness (QED) is 0.225. The molecule has 1 spiro atoms. The van der Waals surface area contributed by atoms with Crippen LogP contribution in [0.4, 0.5) is 19.0 Å². The van der Waals surface area contributed by atoms with Gasteiger partial charge in [-0.25, -0.2) is 28.1 Å². The Kier molecular flexibility index (Phi) is 11.2. The van der Waals surface area contributed by atoms with Crippen molar-refractivity contribution in [1.82, 2.24) is 20.3 Å². The summed E-state index contributed by atoms with van der Waals surface area (Å²) in [6.45, 7) is 15.0. The third-order valence-electron chi connectivity index (χ3n) is 10.3.